The summed E-state index contributed by atoms with van der Waals surface area (Å²) in [6, 6.07) is 2.03. The zero-order valence-electron chi connectivity index (χ0n) is 10.6. The molecule has 1 aliphatic carbocycles. The Balaban J connectivity index is 1.93. The van der Waals surface area contributed by atoms with Gasteiger partial charge in [-0.1, -0.05) is 36.0 Å². The van der Waals surface area contributed by atoms with Gasteiger partial charge in [0.05, 0.1) is 28.8 Å². The van der Waals surface area contributed by atoms with Crippen molar-refractivity contribution >= 4 is 34.8 Å². The summed E-state index contributed by atoms with van der Waals surface area (Å²) < 4.78 is 5.86. The van der Waals surface area contributed by atoms with Gasteiger partial charge in [-0.3, -0.25) is 0 Å². The fraction of sp³-hybridized carbons (Fsp3) is 0.615. The van der Waals surface area contributed by atoms with E-state index in [4.69, 9.17) is 33.7 Å². The molecule has 0 spiro atoms. The summed E-state index contributed by atoms with van der Waals surface area (Å²) in [5.41, 5.74) is 5.80. The van der Waals surface area contributed by atoms with Crippen molar-refractivity contribution in [2.24, 2.45) is 0 Å². The Kier molecular flexibility index (Phi) is 3.74. The number of ether oxygens (including phenoxy) is 1. The van der Waals surface area contributed by atoms with Gasteiger partial charge in [0.1, 0.15) is 11.6 Å². The molecular weight excluding hydrogens is 285 g/mol. The topological polar surface area (TPSA) is 51.4 Å². The third-order valence-electron chi connectivity index (χ3n) is 3.94. The number of aromatic nitrogens is 1. The lowest BCUT2D eigenvalue weighted by Crippen LogP contribution is -2.53. The van der Waals surface area contributed by atoms with Crippen LogP contribution in [0.2, 0.25) is 10.0 Å². The molecular formula is C13H17Cl2N3O. The van der Waals surface area contributed by atoms with E-state index in [0.717, 1.165) is 25.2 Å². The van der Waals surface area contributed by atoms with E-state index < -0.39 is 0 Å². The maximum atomic E-state index is 6.28. The molecule has 19 heavy (non-hydrogen) atoms. The van der Waals surface area contributed by atoms with Crippen LogP contribution >= 0.6 is 23.2 Å². The van der Waals surface area contributed by atoms with Crippen LogP contribution in [0.4, 0.5) is 11.6 Å². The van der Waals surface area contributed by atoms with E-state index in [1.54, 1.807) is 6.07 Å². The molecule has 1 saturated carbocycles. The second kappa shape index (κ2) is 5.35. The van der Waals surface area contributed by atoms with Crippen LogP contribution in [0.1, 0.15) is 25.7 Å². The molecule has 1 aliphatic heterocycles. The largest absolute Gasteiger partial charge is 0.382 e. The van der Waals surface area contributed by atoms with Gasteiger partial charge >= 0.3 is 0 Å². The minimum Gasteiger partial charge on any atom is -0.382 e. The number of hydrogen-bond donors (Lipinski definition) is 1. The number of rotatable bonds is 1. The van der Waals surface area contributed by atoms with Gasteiger partial charge in [0.2, 0.25) is 0 Å². The highest BCUT2D eigenvalue weighted by molar-refractivity contribution is 6.37. The van der Waals surface area contributed by atoms with Crippen LogP contribution in [0.15, 0.2) is 6.07 Å². The Bertz CT molecular complexity index is 481. The Hall–Kier alpha value is -0.710. The minimum atomic E-state index is 0.289. The third-order valence-corrected chi connectivity index (χ3v) is 4.52. The molecule has 3 rings (SSSR count). The van der Waals surface area contributed by atoms with Crippen LogP contribution in [-0.4, -0.2) is 30.3 Å². The zero-order chi connectivity index (χ0) is 13.4. The Morgan fingerprint density at radius 3 is 2.89 bits per heavy atom. The van der Waals surface area contributed by atoms with Crippen LogP contribution in [0.5, 0.6) is 0 Å². The number of morpholine rings is 1. The number of pyridine rings is 1. The van der Waals surface area contributed by atoms with E-state index >= 15 is 0 Å². The Morgan fingerprint density at radius 2 is 2.05 bits per heavy atom. The molecule has 0 aromatic carbocycles. The van der Waals surface area contributed by atoms with Crippen molar-refractivity contribution in [2.75, 3.05) is 23.8 Å². The quantitative estimate of drug-likeness (QED) is 0.866. The van der Waals surface area contributed by atoms with Crippen LogP contribution in [-0.2, 0) is 4.74 Å². The SMILES string of the molecule is Nc1nc(N2CCOC3CCCCC32)c(Cl)cc1Cl. The zero-order valence-corrected chi connectivity index (χ0v) is 12.1. The summed E-state index contributed by atoms with van der Waals surface area (Å²) >= 11 is 12.2. The maximum absolute atomic E-state index is 6.28. The number of nitrogens with zero attached hydrogens (tertiary/aromatic N) is 2. The number of anilines is 2. The highest BCUT2D eigenvalue weighted by Crippen LogP contribution is 2.36. The van der Waals surface area contributed by atoms with Crippen molar-refractivity contribution in [3.8, 4) is 0 Å². The summed E-state index contributed by atoms with van der Waals surface area (Å²) in [7, 11) is 0. The van der Waals surface area contributed by atoms with E-state index in [2.05, 4.69) is 9.88 Å². The lowest BCUT2D eigenvalue weighted by atomic mass is 9.90. The van der Waals surface area contributed by atoms with E-state index in [1.165, 1.54) is 12.8 Å². The summed E-state index contributed by atoms with van der Waals surface area (Å²) in [5, 5.41) is 0.965. The molecule has 0 amide bonds. The molecule has 4 nitrogen and oxygen atoms in total. The van der Waals surface area contributed by atoms with E-state index in [0.29, 0.717) is 28.5 Å². The minimum absolute atomic E-state index is 0.289. The number of nitrogens with two attached hydrogens (primary N) is 1. The van der Waals surface area contributed by atoms with Crippen molar-refractivity contribution in [3.63, 3.8) is 0 Å². The first kappa shape index (κ1) is 13.3. The second-order valence-electron chi connectivity index (χ2n) is 5.12. The lowest BCUT2D eigenvalue weighted by molar-refractivity contribution is -0.00896. The van der Waals surface area contributed by atoms with Crippen molar-refractivity contribution in [1.82, 2.24) is 4.98 Å². The van der Waals surface area contributed by atoms with Gasteiger partial charge in [-0.05, 0) is 18.9 Å². The molecule has 1 aromatic heterocycles. The first-order valence-electron chi connectivity index (χ1n) is 6.66. The highest BCUT2D eigenvalue weighted by Gasteiger charge is 2.35. The molecule has 2 aliphatic rings. The van der Waals surface area contributed by atoms with Gasteiger partial charge in [-0.25, -0.2) is 4.98 Å². The van der Waals surface area contributed by atoms with Gasteiger partial charge in [-0.2, -0.15) is 0 Å². The van der Waals surface area contributed by atoms with Crippen molar-refractivity contribution in [1.29, 1.82) is 0 Å². The molecule has 2 N–H and O–H groups in total. The number of nitrogen functional groups attached to an aromatic ring is 1. The predicted molar refractivity (Wildman–Crippen MR) is 78.0 cm³/mol. The molecule has 6 heteroatoms. The van der Waals surface area contributed by atoms with Crippen LogP contribution in [0, 0.1) is 0 Å². The number of hydrogen-bond acceptors (Lipinski definition) is 4. The van der Waals surface area contributed by atoms with Crippen molar-refractivity contribution in [2.45, 2.75) is 37.8 Å². The van der Waals surface area contributed by atoms with Crippen molar-refractivity contribution < 1.29 is 4.74 Å². The monoisotopic (exact) mass is 301 g/mol. The standard InChI is InChI=1S/C13H17Cl2N3O/c14-8-7-9(15)13(17-12(8)16)18-5-6-19-11-4-2-1-3-10(11)18/h7,10-11H,1-6H2,(H2,16,17). The summed E-state index contributed by atoms with van der Waals surface area (Å²) in [6.07, 6.45) is 4.98. The van der Waals surface area contributed by atoms with Gasteiger partial charge in [0.15, 0.2) is 0 Å². The van der Waals surface area contributed by atoms with Crippen LogP contribution < -0.4 is 10.6 Å². The average molecular weight is 302 g/mol. The maximum Gasteiger partial charge on any atom is 0.150 e. The molecule has 0 radical (unpaired) electrons. The lowest BCUT2D eigenvalue weighted by Gasteiger charge is -2.44. The molecule has 0 bridgehead atoms. The molecule has 2 heterocycles. The summed E-state index contributed by atoms with van der Waals surface area (Å²) in [6.45, 7) is 1.51. The highest BCUT2D eigenvalue weighted by atomic mass is 35.5. The first-order valence-corrected chi connectivity index (χ1v) is 7.42. The first-order chi connectivity index (χ1) is 9.16. The fourth-order valence-corrected chi connectivity index (χ4v) is 3.50. The average Bonchev–Trinajstić information content (AvgIpc) is 2.42. The Labute approximate surface area is 122 Å². The predicted octanol–water partition coefficient (Wildman–Crippen LogP) is 3.12. The van der Waals surface area contributed by atoms with Crippen LogP contribution in [0.25, 0.3) is 0 Å². The van der Waals surface area contributed by atoms with Crippen molar-refractivity contribution in [3.05, 3.63) is 16.1 Å². The molecule has 1 aromatic rings. The van der Waals surface area contributed by atoms with Gasteiger partial charge in [0, 0.05) is 6.54 Å². The van der Waals surface area contributed by atoms with E-state index in [1.807, 2.05) is 0 Å². The molecule has 1 saturated heterocycles. The normalized spacial score (nSPS) is 27.2. The second-order valence-corrected chi connectivity index (χ2v) is 5.93. The smallest absolute Gasteiger partial charge is 0.150 e. The fourth-order valence-electron chi connectivity index (χ4n) is 3.03. The molecule has 2 fully saturated rings. The van der Waals surface area contributed by atoms with Gasteiger partial charge in [0.25, 0.3) is 0 Å². The number of fused-ring (bicyclic) bond motifs is 1. The molecule has 2 atom stereocenters. The van der Waals surface area contributed by atoms with Crippen LogP contribution in [0.3, 0.4) is 0 Å². The Morgan fingerprint density at radius 1 is 1.26 bits per heavy atom. The molecule has 2 unspecified atom stereocenters. The van der Waals surface area contributed by atoms with E-state index in [9.17, 15) is 0 Å². The summed E-state index contributed by atoms with van der Waals surface area (Å²) in [5.74, 6) is 1.07. The molecule has 104 valence electrons. The number of halogens is 2. The summed E-state index contributed by atoms with van der Waals surface area (Å²) in [4.78, 5) is 6.61. The van der Waals surface area contributed by atoms with E-state index in [-0.39, 0.29) is 6.10 Å². The van der Waals surface area contributed by atoms with Gasteiger partial charge in [-0.15, -0.1) is 0 Å². The third kappa shape index (κ3) is 2.49. The van der Waals surface area contributed by atoms with Gasteiger partial charge < -0.3 is 15.4 Å².